The van der Waals surface area contributed by atoms with Crippen molar-refractivity contribution in [1.29, 1.82) is 0 Å². The van der Waals surface area contributed by atoms with E-state index in [1.165, 1.54) is 0 Å². The van der Waals surface area contributed by atoms with E-state index in [4.69, 9.17) is 0 Å². The summed E-state index contributed by atoms with van der Waals surface area (Å²) in [6.45, 7) is 5.34. The fourth-order valence-corrected chi connectivity index (χ4v) is 2.70. The topological polar surface area (TPSA) is 78.5 Å². The fraction of sp³-hybridized carbons (Fsp3) is 0.400. The van der Waals surface area contributed by atoms with Gasteiger partial charge in [-0.3, -0.25) is 25.1 Å². The Labute approximate surface area is 123 Å². The average Bonchev–Trinajstić information content (AvgIpc) is 2.46. The number of benzene rings is 1. The average molecular weight is 289 g/mol. The molecule has 21 heavy (non-hydrogen) atoms. The molecule has 1 atom stereocenters. The van der Waals surface area contributed by atoms with Crippen LogP contribution in [0.4, 0.5) is 4.79 Å². The Bertz CT molecular complexity index is 520. The first kappa shape index (κ1) is 15.2. The number of imide groups is 2. The highest BCUT2D eigenvalue weighted by molar-refractivity contribution is 6.16. The van der Waals surface area contributed by atoms with E-state index in [1.807, 2.05) is 49.1 Å². The third-order valence-electron chi connectivity index (χ3n) is 3.70. The summed E-state index contributed by atoms with van der Waals surface area (Å²) in [5.41, 5.74) is 0.880. The van der Waals surface area contributed by atoms with Gasteiger partial charge in [0.25, 0.3) is 0 Å². The third-order valence-corrected chi connectivity index (χ3v) is 3.70. The smallest absolute Gasteiger partial charge is 0.296 e. The number of amides is 4. The van der Waals surface area contributed by atoms with Crippen LogP contribution in [-0.2, 0) is 9.59 Å². The largest absolute Gasteiger partial charge is 0.328 e. The van der Waals surface area contributed by atoms with Crippen molar-refractivity contribution in [3.63, 3.8) is 0 Å². The summed E-state index contributed by atoms with van der Waals surface area (Å²) in [7, 11) is 0. The molecule has 4 amide bonds. The van der Waals surface area contributed by atoms with Crippen LogP contribution in [0.2, 0.25) is 0 Å². The normalized spacial score (nSPS) is 17.6. The Morgan fingerprint density at radius 2 is 1.52 bits per heavy atom. The number of rotatable bonds is 5. The molecule has 0 bridgehead atoms. The molecule has 1 heterocycles. The third kappa shape index (κ3) is 3.11. The molecule has 2 N–H and O–H groups in total. The Morgan fingerprint density at radius 3 is 2.00 bits per heavy atom. The number of carbonyl (C=O) groups excluding carboxylic acids is 3. The fourth-order valence-electron chi connectivity index (χ4n) is 2.70. The van der Waals surface area contributed by atoms with Gasteiger partial charge in [-0.1, -0.05) is 44.2 Å². The molecule has 1 aliphatic rings. The number of urea groups is 1. The molecule has 1 aliphatic heterocycles. The number of hydrogen-bond acceptors (Lipinski definition) is 4. The van der Waals surface area contributed by atoms with Gasteiger partial charge in [0.05, 0.1) is 6.04 Å². The van der Waals surface area contributed by atoms with E-state index in [0.717, 1.165) is 5.56 Å². The van der Waals surface area contributed by atoms with Gasteiger partial charge in [-0.25, -0.2) is 4.79 Å². The summed E-state index contributed by atoms with van der Waals surface area (Å²) < 4.78 is 0. The molecule has 0 unspecified atom stereocenters. The van der Waals surface area contributed by atoms with Crippen LogP contribution in [0.25, 0.3) is 0 Å². The lowest BCUT2D eigenvalue weighted by Crippen LogP contribution is -2.59. The summed E-state index contributed by atoms with van der Waals surface area (Å²) in [4.78, 5) is 37.6. The van der Waals surface area contributed by atoms with E-state index in [-0.39, 0.29) is 0 Å². The second-order valence-corrected chi connectivity index (χ2v) is 4.86. The molecule has 0 aromatic heterocycles. The number of hydrogen-bond donors (Lipinski definition) is 2. The van der Waals surface area contributed by atoms with Gasteiger partial charge in [0.1, 0.15) is 5.92 Å². The molecule has 0 saturated carbocycles. The summed E-state index contributed by atoms with van der Waals surface area (Å²) >= 11 is 0. The Balaban J connectivity index is 2.42. The monoisotopic (exact) mass is 289 g/mol. The van der Waals surface area contributed by atoms with Crippen molar-refractivity contribution >= 4 is 17.8 Å². The summed E-state index contributed by atoms with van der Waals surface area (Å²) in [5, 5.41) is 4.35. The number of carbonyl (C=O) groups is 3. The van der Waals surface area contributed by atoms with Gasteiger partial charge in [0.15, 0.2) is 0 Å². The van der Waals surface area contributed by atoms with Crippen molar-refractivity contribution in [1.82, 2.24) is 15.5 Å². The first-order chi connectivity index (χ1) is 10.1. The molecule has 1 aromatic rings. The first-order valence-corrected chi connectivity index (χ1v) is 7.03. The molecule has 112 valence electrons. The van der Waals surface area contributed by atoms with Crippen molar-refractivity contribution in [2.24, 2.45) is 5.92 Å². The molecule has 0 spiro atoms. The van der Waals surface area contributed by atoms with E-state index in [2.05, 4.69) is 10.6 Å². The lowest BCUT2D eigenvalue weighted by molar-refractivity contribution is -0.139. The molecule has 0 radical (unpaired) electrons. The zero-order chi connectivity index (χ0) is 15.4. The van der Waals surface area contributed by atoms with E-state index in [9.17, 15) is 14.4 Å². The summed E-state index contributed by atoms with van der Waals surface area (Å²) in [6.07, 6.45) is 0. The van der Waals surface area contributed by atoms with Crippen LogP contribution < -0.4 is 10.6 Å². The van der Waals surface area contributed by atoms with Crippen molar-refractivity contribution < 1.29 is 14.4 Å². The zero-order valence-corrected chi connectivity index (χ0v) is 12.1. The van der Waals surface area contributed by atoms with Crippen molar-refractivity contribution in [2.75, 3.05) is 13.1 Å². The van der Waals surface area contributed by atoms with Crippen LogP contribution in [0.1, 0.15) is 25.5 Å². The maximum absolute atomic E-state index is 12.1. The van der Waals surface area contributed by atoms with Crippen LogP contribution in [0.5, 0.6) is 0 Å². The summed E-state index contributed by atoms with van der Waals surface area (Å²) in [6, 6.07) is 8.25. The quantitative estimate of drug-likeness (QED) is 0.794. The first-order valence-electron chi connectivity index (χ1n) is 7.03. The highest BCUT2D eigenvalue weighted by atomic mass is 16.2. The second-order valence-electron chi connectivity index (χ2n) is 4.86. The van der Waals surface area contributed by atoms with Gasteiger partial charge >= 0.3 is 6.03 Å². The van der Waals surface area contributed by atoms with Gasteiger partial charge in [0.2, 0.25) is 11.8 Å². The molecule has 6 nitrogen and oxygen atoms in total. The van der Waals surface area contributed by atoms with Crippen LogP contribution in [-0.4, -0.2) is 35.8 Å². The Morgan fingerprint density at radius 1 is 1.00 bits per heavy atom. The number of nitrogens with one attached hydrogen (secondary N) is 2. The Kier molecular flexibility index (Phi) is 4.70. The summed E-state index contributed by atoms with van der Waals surface area (Å²) in [5.74, 6) is -2.04. The molecule has 1 aromatic carbocycles. The highest BCUT2D eigenvalue weighted by Crippen LogP contribution is 2.30. The van der Waals surface area contributed by atoms with Gasteiger partial charge in [0, 0.05) is 0 Å². The maximum atomic E-state index is 12.1. The standard InChI is InChI=1S/C15H19N3O3/c1-3-18(4-2)12(10-8-6-5-7-9-10)11-13(19)16-15(21)17-14(11)20/h5-9,11-12H,3-4H2,1-2H3,(H2,16,17,19,20,21)/t12-/m1/s1. The lowest BCUT2D eigenvalue weighted by atomic mass is 9.89. The molecule has 0 aliphatic carbocycles. The van der Waals surface area contributed by atoms with Crippen molar-refractivity contribution in [2.45, 2.75) is 19.9 Å². The van der Waals surface area contributed by atoms with Crippen LogP contribution in [0.15, 0.2) is 30.3 Å². The SMILES string of the molecule is CCN(CC)[C@H](c1ccccc1)C1C(=O)NC(=O)NC1=O. The van der Waals surface area contributed by atoms with Crippen molar-refractivity contribution in [3.05, 3.63) is 35.9 Å². The minimum atomic E-state index is -0.940. The number of nitrogens with zero attached hydrogens (tertiary/aromatic N) is 1. The molecule has 6 heteroatoms. The van der Waals surface area contributed by atoms with Gasteiger partial charge in [-0.15, -0.1) is 0 Å². The molecular weight excluding hydrogens is 270 g/mol. The predicted octanol–water partition coefficient (Wildman–Crippen LogP) is 1.05. The second kappa shape index (κ2) is 6.49. The van der Waals surface area contributed by atoms with E-state index in [1.54, 1.807) is 0 Å². The van der Waals surface area contributed by atoms with Gasteiger partial charge in [-0.05, 0) is 18.7 Å². The lowest BCUT2D eigenvalue weighted by Gasteiger charge is -2.36. The van der Waals surface area contributed by atoms with Crippen LogP contribution in [0, 0.1) is 5.92 Å². The zero-order valence-electron chi connectivity index (χ0n) is 12.1. The van der Waals surface area contributed by atoms with Gasteiger partial charge < -0.3 is 0 Å². The number of barbiturate groups is 1. The van der Waals surface area contributed by atoms with Crippen molar-refractivity contribution in [3.8, 4) is 0 Å². The molecule has 2 rings (SSSR count). The van der Waals surface area contributed by atoms with Gasteiger partial charge in [-0.2, -0.15) is 0 Å². The van der Waals surface area contributed by atoms with Crippen LogP contribution in [0.3, 0.4) is 0 Å². The van der Waals surface area contributed by atoms with Crippen LogP contribution >= 0.6 is 0 Å². The Hall–Kier alpha value is -2.21. The minimum Gasteiger partial charge on any atom is -0.296 e. The van der Waals surface area contributed by atoms with E-state index in [0.29, 0.717) is 13.1 Å². The molecule has 1 saturated heterocycles. The maximum Gasteiger partial charge on any atom is 0.328 e. The van der Waals surface area contributed by atoms with E-state index >= 15 is 0 Å². The highest BCUT2D eigenvalue weighted by Gasteiger charge is 2.42. The predicted molar refractivity (Wildman–Crippen MR) is 77.3 cm³/mol. The van der Waals surface area contributed by atoms with E-state index < -0.39 is 29.8 Å². The minimum absolute atomic E-state index is 0.394. The molecular formula is C15H19N3O3. The molecule has 1 fully saturated rings.